The zero-order valence-electron chi connectivity index (χ0n) is 18.9. The molecule has 3 rings (SSSR count). The molecule has 1 fully saturated rings. The van der Waals surface area contributed by atoms with Crippen molar-refractivity contribution in [3.63, 3.8) is 0 Å². The van der Waals surface area contributed by atoms with Gasteiger partial charge >= 0.3 is 0 Å². The molecule has 0 atom stereocenters. The molecule has 0 radical (unpaired) electrons. The van der Waals surface area contributed by atoms with Gasteiger partial charge in [0.05, 0.1) is 6.54 Å². The lowest BCUT2D eigenvalue weighted by molar-refractivity contribution is 0.0953. The highest BCUT2D eigenvalue weighted by molar-refractivity contribution is 5.94. The van der Waals surface area contributed by atoms with E-state index >= 15 is 0 Å². The number of hydrogen-bond donors (Lipinski definition) is 4. The Bertz CT molecular complexity index is 876. The second-order valence-electron chi connectivity index (χ2n) is 8.08. The van der Waals surface area contributed by atoms with Gasteiger partial charge < -0.3 is 21.1 Å². The van der Waals surface area contributed by atoms with Crippen LogP contribution in [0.2, 0.25) is 0 Å². The minimum absolute atomic E-state index is 0.0899. The zero-order chi connectivity index (χ0) is 22.6. The third kappa shape index (κ3) is 7.89. The van der Waals surface area contributed by atoms with E-state index in [1.54, 1.807) is 18.2 Å². The molecule has 4 N–H and O–H groups in total. The Hall–Kier alpha value is -3.06. The minimum atomic E-state index is -0.186. The number of carbonyl (C=O) groups is 1. The van der Waals surface area contributed by atoms with Gasteiger partial charge in [-0.1, -0.05) is 30.3 Å². The van der Waals surface area contributed by atoms with Crippen LogP contribution in [-0.4, -0.2) is 54.6 Å². The smallest absolute Gasteiger partial charge is 0.251 e. The standard InChI is InChI=1S/C25H35N5O2/c1-2-26-25(28-14-6-13-27-24(32)22-7-5-8-23(31)17-22)29-18-20-9-11-21(12-10-20)19-30-15-3-4-16-30/h5,7-12,17,31H,2-4,6,13-16,18-19H2,1H3,(H,27,32)(H2,26,28,29). The molecule has 1 aliphatic rings. The number of carbonyl (C=O) groups excluding carboxylic acids is 1. The number of hydrogen-bond acceptors (Lipinski definition) is 4. The molecule has 0 bridgehead atoms. The first-order valence-corrected chi connectivity index (χ1v) is 11.5. The van der Waals surface area contributed by atoms with E-state index in [0.29, 0.717) is 25.2 Å². The molecule has 0 spiro atoms. The first kappa shape index (κ1) is 23.6. The molecule has 0 aromatic heterocycles. The zero-order valence-corrected chi connectivity index (χ0v) is 18.9. The molecule has 2 aromatic rings. The molecular weight excluding hydrogens is 402 g/mol. The van der Waals surface area contributed by atoms with Gasteiger partial charge in [-0.25, -0.2) is 4.99 Å². The Kier molecular flexibility index (Phi) is 9.37. The SMILES string of the molecule is CCNC(=NCc1ccc(CN2CCCC2)cc1)NCCCNC(=O)c1cccc(O)c1. The topological polar surface area (TPSA) is 89.0 Å². The van der Waals surface area contributed by atoms with Gasteiger partial charge in [-0.2, -0.15) is 0 Å². The predicted molar refractivity (Wildman–Crippen MR) is 129 cm³/mol. The Morgan fingerprint density at radius 2 is 1.72 bits per heavy atom. The molecule has 0 unspecified atom stereocenters. The summed E-state index contributed by atoms with van der Waals surface area (Å²) in [6.07, 6.45) is 3.40. The van der Waals surface area contributed by atoms with E-state index in [-0.39, 0.29) is 11.7 Å². The number of rotatable bonds is 10. The fraction of sp³-hybridized carbons (Fsp3) is 0.440. The van der Waals surface area contributed by atoms with Crippen LogP contribution in [0.4, 0.5) is 0 Å². The number of likely N-dealkylation sites (tertiary alicyclic amines) is 1. The highest BCUT2D eigenvalue weighted by Crippen LogP contribution is 2.14. The fourth-order valence-electron chi connectivity index (χ4n) is 3.71. The summed E-state index contributed by atoms with van der Waals surface area (Å²) in [5, 5.41) is 18.9. The van der Waals surface area contributed by atoms with E-state index in [4.69, 9.17) is 0 Å². The van der Waals surface area contributed by atoms with Crippen molar-refractivity contribution in [1.82, 2.24) is 20.9 Å². The molecule has 7 nitrogen and oxygen atoms in total. The predicted octanol–water partition coefficient (Wildman–Crippen LogP) is 2.86. The molecule has 1 heterocycles. The van der Waals surface area contributed by atoms with E-state index in [1.807, 2.05) is 6.92 Å². The lowest BCUT2D eigenvalue weighted by Gasteiger charge is -2.14. The molecule has 0 saturated carbocycles. The summed E-state index contributed by atoms with van der Waals surface area (Å²) in [6, 6.07) is 15.1. The van der Waals surface area contributed by atoms with Gasteiger partial charge in [0.2, 0.25) is 0 Å². The third-order valence-corrected chi connectivity index (χ3v) is 5.43. The van der Waals surface area contributed by atoms with Gasteiger partial charge in [0.15, 0.2) is 5.96 Å². The Morgan fingerprint density at radius 3 is 2.44 bits per heavy atom. The maximum absolute atomic E-state index is 12.1. The Balaban J connectivity index is 1.39. The average Bonchev–Trinajstić information content (AvgIpc) is 3.31. The Labute approximate surface area is 190 Å². The van der Waals surface area contributed by atoms with Crippen molar-refractivity contribution in [3.05, 3.63) is 65.2 Å². The van der Waals surface area contributed by atoms with Crippen LogP contribution in [-0.2, 0) is 13.1 Å². The lowest BCUT2D eigenvalue weighted by atomic mass is 10.1. The van der Waals surface area contributed by atoms with Crippen LogP contribution in [0.5, 0.6) is 5.75 Å². The maximum atomic E-state index is 12.1. The van der Waals surface area contributed by atoms with Crippen molar-refractivity contribution in [1.29, 1.82) is 0 Å². The van der Waals surface area contributed by atoms with Crippen LogP contribution in [0.25, 0.3) is 0 Å². The van der Waals surface area contributed by atoms with Gasteiger partial charge in [-0.3, -0.25) is 9.69 Å². The average molecular weight is 438 g/mol. The number of aromatic hydroxyl groups is 1. The number of nitrogens with one attached hydrogen (secondary N) is 3. The van der Waals surface area contributed by atoms with Crippen LogP contribution in [0.3, 0.4) is 0 Å². The summed E-state index contributed by atoms with van der Waals surface area (Å²) >= 11 is 0. The summed E-state index contributed by atoms with van der Waals surface area (Å²) in [6.45, 7) is 8.14. The van der Waals surface area contributed by atoms with Crippen LogP contribution in [0, 0.1) is 0 Å². The molecule has 1 amide bonds. The Morgan fingerprint density at radius 1 is 1.00 bits per heavy atom. The van der Waals surface area contributed by atoms with Gasteiger partial charge in [0, 0.05) is 31.7 Å². The summed E-state index contributed by atoms with van der Waals surface area (Å²) < 4.78 is 0. The summed E-state index contributed by atoms with van der Waals surface area (Å²) in [5.41, 5.74) is 3.00. The molecule has 1 aliphatic heterocycles. The third-order valence-electron chi connectivity index (χ3n) is 5.43. The van der Waals surface area contributed by atoms with E-state index < -0.39 is 0 Å². The summed E-state index contributed by atoms with van der Waals surface area (Å²) in [7, 11) is 0. The van der Waals surface area contributed by atoms with Crippen LogP contribution < -0.4 is 16.0 Å². The number of amides is 1. The van der Waals surface area contributed by atoms with E-state index in [1.165, 1.54) is 43.1 Å². The second-order valence-corrected chi connectivity index (χ2v) is 8.08. The second kappa shape index (κ2) is 12.7. The van der Waals surface area contributed by atoms with E-state index in [9.17, 15) is 9.90 Å². The number of phenols is 1. The van der Waals surface area contributed by atoms with E-state index in [2.05, 4.69) is 50.1 Å². The number of guanidine groups is 1. The van der Waals surface area contributed by atoms with Gasteiger partial charge in [0.25, 0.3) is 5.91 Å². The van der Waals surface area contributed by atoms with Crippen molar-refractivity contribution in [2.75, 3.05) is 32.7 Å². The van der Waals surface area contributed by atoms with Crippen molar-refractivity contribution in [3.8, 4) is 5.75 Å². The van der Waals surface area contributed by atoms with Gasteiger partial charge in [0.1, 0.15) is 5.75 Å². The highest BCUT2D eigenvalue weighted by atomic mass is 16.3. The van der Waals surface area contributed by atoms with Gasteiger partial charge in [-0.05, 0) is 68.6 Å². The maximum Gasteiger partial charge on any atom is 0.251 e. The number of benzene rings is 2. The van der Waals surface area contributed by atoms with Crippen molar-refractivity contribution in [2.45, 2.75) is 39.3 Å². The fourth-order valence-corrected chi connectivity index (χ4v) is 3.71. The largest absolute Gasteiger partial charge is 0.508 e. The quantitative estimate of drug-likeness (QED) is 0.261. The first-order chi connectivity index (χ1) is 15.6. The van der Waals surface area contributed by atoms with E-state index in [0.717, 1.165) is 25.5 Å². The molecule has 1 saturated heterocycles. The minimum Gasteiger partial charge on any atom is -0.508 e. The van der Waals surface area contributed by atoms with Crippen molar-refractivity contribution in [2.24, 2.45) is 4.99 Å². The lowest BCUT2D eigenvalue weighted by Crippen LogP contribution is -2.38. The molecule has 0 aliphatic carbocycles. The molecule has 172 valence electrons. The highest BCUT2D eigenvalue weighted by Gasteiger charge is 2.11. The van der Waals surface area contributed by atoms with Crippen molar-refractivity contribution >= 4 is 11.9 Å². The summed E-state index contributed by atoms with van der Waals surface area (Å²) in [5.74, 6) is 0.676. The first-order valence-electron chi connectivity index (χ1n) is 11.5. The molecular formula is C25H35N5O2. The van der Waals surface area contributed by atoms with Crippen LogP contribution >= 0.6 is 0 Å². The van der Waals surface area contributed by atoms with Crippen molar-refractivity contribution < 1.29 is 9.90 Å². The van der Waals surface area contributed by atoms with Gasteiger partial charge in [-0.15, -0.1) is 0 Å². The molecule has 2 aromatic carbocycles. The summed E-state index contributed by atoms with van der Waals surface area (Å²) in [4.78, 5) is 19.3. The monoisotopic (exact) mass is 437 g/mol. The molecule has 7 heteroatoms. The number of aliphatic imine (C=N–C) groups is 1. The van der Waals surface area contributed by atoms with Crippen LogP contribution in [0.1, 0.15) is 47.7 Å². The number of nitrogens with zero attached hydrogens (tertiary/aromatic N) is 2. The van der Waals surface area contributed by atoms with Crippen LogP contribution in [0.15, 0.2) is 53.5 Å². The number of phenolic OH excluding ortho intramolecular Hbond substituents is 1. The normalized spacial score (nSPS) is 14.3. The molecule has 32 heavy (non-hydrogen) atoms.